The molecule has 26 heavy (non-hydrogen) atoms. The predicted molar refractivity (Wildman–Crippen MR) is 99.6 cm³/mol. The molecular weight excluding hydrogens is 352 g/mol. The highest BCUT2D eigenvalue weighted by Crippen LogP contribution is 2.34. The van der Waals surface area contributed by atoms with E-state index in [1.54, 1.807) is 23.3 Å². The first-order valence-electron chi connectivity index (χ1n) is 8.45. The van der Waals surface area contributed by atoms with E-state index in [4.69, 9.17) is 9.47 Å². The summed E-state index contributed by atoms with van der Waals surface area (Å²) in [5.74, 6) is 0.397. The Bertz CT molecular complexity index is 772. The zero-order valence-corrected chi connectivity index (χ0v) is 15.7. The fraction of sp³-hybridized carbons (Fsp3) is 0.368. The van der Waals surface area contributed by atoms with Gasteiger partial charge in [0.1, 0.15) is 5.75 Å². The Balaban J connectivity index is 1.62. The van der Waals surface area contributed by atoms with Crippen molar-refractivity contribution in [2.75, 3.05) is 27.3 Å². The van der Waals surface area contributed by atoms with E-state index in [-0.39, 0.29) is 6.03 Å². The van der Waals surface area contributed by atoms with Crippen LogP contribution in [0.1, 0.15) is 22.0 Å². The Labute approximate surface area is 156 Å². The number of hydrogen-bond acceptors (Lipinski definition) is 5. The first-order valence-corrected chi connectivity index (χ1v) is 9.33. The highest BCUT2D eigenvalue weighted by atomic mass is 32.1. The third-order valence-electron chi connectivity index (χ3n) is 4.50. The number of carbonyl (C=O) groups excluding carboxylic acids is 2. The minimum absolute atomic E-state index is 0.245. The summed E-state index contributed by atoms with van der Waals surface area (Å²) in [6, 6.07) is 8.72. The Morgan fingerprint density at radius 1 is 1.23 bits per heavy atom. The number of amides is 2. The average Bonchev–Trinajstić information content (AvgIpc) is 3.15. The van der Waals surface area contributed by atoms with Gasteiger partial charge < -0.3 is 19.7 Å². The number of thiophene rings is 1. The summed E-state index contributed by atoms with van der Waals surface area (Å²) >= 11 is 1.61. The molecule has 138 valence electrons. The van der Waals surface area contributed by atoms with Gasteiger partial charge in [0.25, 0.3) is 0 Å². The van der Waals surface area contributed by atoms with Gasteiger partial charge in [-0.15, -0.1) is 11.3 Å². The van der Waals surface area contributed by atoms with Gasteiger partial charge in [0.2, 0.25) is 0 Å². The van der Waals surface area contributed by atoms with E-state index in [0.29, 0.717) is 19.5 Å². The summed E-state index contributed by atoms with van der Waals surface area (Å²) in [6.45, 7) is 0.994. The molecule has 0 radical (unpaired) electrons. The van der Waals surface area contributed by atoms with Crippen LogP contribution < -0.4 is 10.1 Å². The van der Waals surface area contributed by atoms with Crippen LogP contribution in [0.3, 0.4) is 0 Å². The fourth-order valence-corrected chi connectivity index (χ4v) is 4.01. The number of rotatable bonds is 5. The lowest BCUT2D eigenvalue weighted by atomic mass is 10.0. The van der Waals surface area contributed by atoms with Crippen LogP contribution in [0, 0.1) is 0 Å². The summed E-state index contributed by atoms with van der Waals surface area (Å²) < 4.78 is 10.1. The van der Waals surface area contributed by atoms with Crippen molar-refractivity contribution in [3.63, 3.8) is 0 Å². The molecule has 0 aliphatic carbocycles. The molecule has 1 aromatic heterocycles. The van der Waals surface area contributed by atoms with Crippen molar-refractivity contribution in [2.24, 2.45) is 0 Å². The van der Waals surface area contributed by atoms with Crippen molar-refractivity contribution in [2.45, 2.75) is 18.9 Å². The van der Waals surface area contributed by atoms with E-state index in [1.807, 2.05) is 35.7 Å². The van der Waals surface area contributed by atoms with Crippen molar-refractivity contribution >= 4 is 23.3 Å². The quantitative estimate of drug-likeness (QED) is 0.817. The first kappa shape index (κ1) is 18.3. The Morgan fingerprint density at radius 2 is 2.00 bits per heavy atom. The van der Waals surface area contributed by atoms with Gasteiger partial charge in [-0.25, -0.2) is 9.59 Å². The maximum absolute atomic E-state index is 12.6. The smallest absolute Gasteiger partial charge is 0.333 e. The molecule has 0 spiro atoms. The number of nitrogens with one attached hydrogen (secondary N) is 1. The lowest BCUT2D eigenvalue weighted by Crippen LogP contribution is -2.48. The molecule has 0 saturated heterocycles. The molecule has 1 aromatic carbocycles. The van der Waals surface area contributed by atoms with Crippen LogP contribution in [0.25, 0.3) is 0 Å². The highest BCUT2D eigenvalue weighted by molar-refractivity contribution is 7.10. The van der Waals surface area contributed by atoms with E-state index in [0.717, 1.165) is 28.2 Å². The Morgan fingerprint density at radius 3 is 2.69 bits per heavy atom. The molecular formula is C19H22N2O4S. The second kappa shape index (κ2) is 8.23. The monoisotopic (exact) mass is 374 g/mol. The van der Waals surface area contributed by atoms with Crippen LogP contribution in [-0.2, 0) is 22.4 Å². The molecule has 2 heterocycles. The molecule has 1 atom stereocenters. The largest absolute Gasteiger partial charge is 0.497 e. The number of fused-ring (bicyclic) bond motifs is 1. The van der Waals surface area contributed by atoms with Crippen molar-refractivity contribution in [3.05, 3.63) is 51.7 Å². The van der Waals surface area contributed by atoms with E-state index < -0.39 is 12.0 Å². The van der Waals surface area contributed by atoms with Gasteiger partial charge in [0.15, 0.2) is 6.04 Å². The summed E-state index contributed by atoms with van der Waals surface area (Å²) in [5.41, 5.74) is 1.98. The zero-order valence-electron chi connectivity index (χ0n) is 14.9. The van der Waals surface area contributed by atoms with Gasteiger partial charge in [-0.05, 0) is 47.5 Å². The Hall–Kier alpha value is -2.54. The lowest BCUT2D eigenvalue weighted by molar-refractivity contribution is -0.146. The van der Waals surface area contributed by atoms with Gasteiger partial charge in [-0.1, -0.05) is 12.1 Å². The number of carbonyl (C=O) groups is 2. The summed E-state index contributed by atoms with van der Waals surface area (Å²) in [4.78, 5) is 27.6. The van der Waals surface area contributed by atoms with Crippen LogP contribution in [0.5, 0.6) is 5.75 Å². The normalized spacial score (nSPS) is 15.9. The topological polar surface area (TPSA) is 67.9 Å². The molecule has 0 saturated carbocycles. The van der Waals surface area contributed by atoms with Crippen molar-refractivity contribution < 1.29 is 19.1 Å². The third-order valence-corrected chi connectivity index (χ3v) is 5.50. The number of urea groups is 1. The van der Waals surface area contributed by atoms with E-state index >= 15 is 0 Å². The standard InChI is InChI=1S/C19H22N2O4S/c1-24-14-5-3-13(4-6-14)7-10-20-19(23)21-11-8-16-15(9-12-26-16)17(21)18(22)25-2/h3-6,9,12,17H,7-8,10-11H2,1-2H3,(H,20,23). The van der Waals surface area contributed by atoms with Gasteiger partial charge in [0.05, 0.1) is 14.2 Å². The lowest BCUT2D eigenvalue weighted by Gasteiger charge is -2.33. The molecule has 1 aliphatic rings. The molecule has 1 aliphatic heterocycles. The summed E-state index contributed by atoms with van der Waals surface area (Å²) in [6.07, 6.45) is 1.46. The van der Waals surface area contributed by atoms with Crippen LogP contribution in [0.4, 0.5) is 4.79 Å². The molecule has 2 amide bonds. The number of benzene rings is 1. The van der Waals surface area contributed by atoms with Gasteiger partial charge in [-0.2, -0.15) is 0 Å². The summed E-state index contributed by atoms with van der Waals surface area (Å²) in [7, 11) is 2.98. The van der Waals surface area contributed by atoms with Gasteiger partial charge in [-0.3, -0.25) is 0 Å². The molecule has 0 bridgehead atoms. The number of nitrogens with zero attached hydrogens (tertiary/aromatic N) is 1. The molecule has 3 rings (SSSR count). The van der Waals surface area contributed by atoms with E-state index in [1.165, 1.54) is 7.11 Å². The molecule has 7 heteroatoms. The van der Waals surface area contributed by atoms with Gasteiger partial charge >= 0.3 is 12.0 Å². The number of hydrogen-bond donors (Lipinski definition) is 1. The molecule has 1 N–H and O–H groups in total. The van der Waals surface area contributed by atoms with Crippen molar-refractivity contribution in [3.8, 4) is 5.75 Å². The maximum Gasteiger partial charge on any atom is 0.333 e. The average molecular weight is 374 g/mol. The zero-order chi connectivity index (χ0) is 18.5. The van der Waals surface area contributed by atoms with Gasteiger partial charge in [0, 0.05) is 18.0 Å². The maximum atomic E-state index is 12.6. The SMILES string of the molecule is COC(=O)C1c2ccsc2CCN1C(=O)NCCc1ccc(OC)cc1. The minimum atomic E-state index is -0.670. The third kappa shape index (κ3) is 3.83. The first-order chi connectivity index (χ1) is 12.6. The number of ether oxygens (including phenoxy) is 2. The highest BCUT2D eigenvalue weighted by Gasteiger charge is 2.37. The minimum Gasteiger partial charge on any atom is -0.497 e. The molecule has 6 nitrogen and oxygen atoms in total. The van der Waals surface area contributed by atoms with Crippen LogP contribution in [0.2, 0.25) is 0 Å². The van der Waals surface area contributed by atoms with Crippen LogP contribution in [-0.4, -0.2) is 44.2 Å². The van der Waals surface area contributed by atoms with Crippen molar-refractivity contribution in [1.82, 2.24) is 10.2 Å². The predicted octanol–water partition coefficient (Wildman–Crippen LogP) is 2.78. The van der Waals surface area contributed by atoms with E-state index in [9.17, 15) is 9.59 Å². The summed E-state index contributed by atoms with van der Waals surface area (Å²) in [5, 5.41) is 4.86. The Kier molecular flexibility index (Phi) is 5.78. The fourth-order valence-electron chi connectivity index (χ4n) is 3.11. The number of methoxy groups -OCH3 is 2. The second-order valence-electron chi connectivity index (χ2n) is 6.00. The number of esters is 1. The molecule has 0 fully saturated rings. The van der Waals surface area contributed by atoms with Crippen LogP contribution >= 0.6 is 11.3 Å². The second-order valence-corrected chi connectivity index (χ2v) is 7.00. The van der Waals surface area contributed by atoms with Crippen molar-refractivity contribution in [1.29, 1.82) is 0 Å². The molecule has 2 aromatic rings. The van der Waals surface area contributed by atoms with Crippen LogP contribution in [0.15, 0.2) is 35.7 Å². The van der Waals surface area contributed by atoms with E-state index in [2.05, 4.69) is 5.32 Å². The molecule has 1 unspecified atom stereocenters.